The van der Waals surface area contributed by atoms with Gasteiger partial charge in [-0.25, -0.2) is 8.42 Å². The van der Waals surface area contributed by atoms with Crippen LogP contribution < -0.4 is 4.74 Å². The largest absolute Gasteiger partial charge is 0.494 e. The van der Waals surface area contributed by atoms with Crippen LogP contribution in [0.1, 0.15) is 12.5 Å². The Labute approximate surface area is 179 Å². The van der Waals surface area contributed by atoms with Crippen LogP contribution in [0.15, 0.2) is 47.4 Å². The summed E-state index contributed by atoms with van der Waals surface area (Å²) >= 11 is 0.995. The first kappa shape index (κ1) is 20.7. The third-order valence-electron chi connectivity index (χ3n) is 5.05. The molecule has 0 radical (unpaired) electrons. The van der Waals surface area contributed by atoms with Crippen LogP contribution in [0.4, 0.5) is 0 Å². The highest BCUT2D eigenvalue weighted by Crippen LogP contribution is 2.25. The molecule has 158 valence electrons. The van der Waals surface area contributed by atoms with Crippen LogP contribution in [0.3, 0.4) is 0 Å². The molecule has 0 saturated carbocycles. The molecule has 0 N–H and O–H groups in total. The Morgan fingerprint density at radius 1 is 1.07 bits per heavy atom. The molecule has 1 amide bonds. The van der Waals surface area contributed by atoms with E-state index in [9.17, 15) is 13.2 Å². The Hall–Kier alpha value is -2.56. The summed E-state index contributed by atoms with van der Waals surface area (Å²) in [7, 11) is -3.69. The van der Waals surface area contributed by atoms with Crippen LogP contribution in [-0.2, 0) is 21.2 Å². The average Bonchev–Trinajstić information content (AvgIpc) is 3.24. The molecule has 4 rings (SSSR count). The number of sulfonamides is 1. The third kappa shape index (κ3) is 4.16. The lowest BCUT2D eigenvalue weighted by Gasteiger charge is -2.34. The van der Waals surface area contributed by atoms with Gasteiger partial charge in [0.25, 0.3) is 0 Å². The first-order valence-electron chi connectivity index (χ1n) is 9.70. The average molecular weight is 447 g/mol. The number of carbonyl (C=O) groups excluding carboxylic acids is 1. The van der Waals surface area contributed by atoms with E-state index in [4.69, 9.17) is 4.74 Å². The molecule has 1 saturated heterocycles. The molecule has 0 bridgehead atoms. The van der Waals surface area contributed by atoms with E-state index < -0.39 is 10.0 Å². The summed E-state index contributed by atoms with van der Waals surface area (Å²) in [6.45, 7) is 3.75. The molecule has 8 nitrogen and oxygen atoms in total. The minimum atomic E-state index is -3.69. The van der Waals surface area contributed by atoms with Gasteiger partial charge in [0.1, 0.15) is 21.7 Å². The van der Waals surface area contributed by atoms with E-state index in [1.807, 2.05) is 31.2 Å². The van der Waals surface area contributed by atoms with Gasteiger partial charge >= 0.3 is 0 Å². The van der Waals surface area contributed by atoms with Crippen molar-refractivity contribution in [3.8, 4) is 5.75 Å². The van der Waals surface area contributed by atoms with Crippen molar-refractivity contribution < 1.29 is 17.9 Å². The molecule has 1 fully saturated rings. The summed E-state index contributed by atoms with van der Waals surface area (Å²) in [5.74, 6) is 0.764. The second kappa shape index (κ2) is 8.66. The van der Waals surface area contributed by atoms with E-state index in [0.717, 1.165) is 23.0 Å². The van der Waals surface area contributed by atoms with Crippen LogP contribution in [0.2, 0.25) is 0 Å². The summed E-state index contributed by atoms with van der Waals surface area (Å²) in [6, 6.07) is 12.4. The zero-order chi connectivity index (χ0) is 21.1. The fraction of sp³-hybridized carbons (Fsp3) is 0.350. The van der Waals surface area contributed by atoms with Gasteiger partial charge in [0, 0.05) is 26.2 Å². The molecule has 0 unspecified atom stereocenters. The number of amides is 1. The Kier molecular flexibility index (Phi) is 5.98. The van der Waals surface area contributed by atoms with Crippen molar-refractivity contribution in [2.45, 2.75) is 18.2 Å². The van der Waals surface area contributed by atoms with Crippen molar-refractivity contribution in [1.29, 1.82) is 0 Å². The number of fused-ring (bicyclic) bond motifs is 1. The Morgan fingerprint density at radius 2 is 1.80 bits per heavy atom. The molecule has 1 aliphatic heterocycles. The van der Waals surface area contributed by atoms with Gasteiger partial charge in [0.05, 0.1) is 24.8 Å². The van der Waals surface area contributed by atoms with Crippen LogP contribution in [0.25, 0.3) is 11.0 Å². The molecular weight excluding hydrogens is 424 g/mol. The Balaban J connectivity index is 1.39. The second-order valence-electron chi connectivity index (χ2n) is 6.93. The van der Waals surface area contributed by atoms with Crippen molar-refractivity contribution in [2.75, 3.05) is 32.8 Å². The van der Waals surface area contributed by atoms with E-state index >= 15 is 0 Å². The standard InChI is InChI=1S/C20H22N4O4S2/c1-2-28-16-8-6-15(7-9-16)14-19(25)23-10-12-24(13-11-23)30(26,27)18-5-3-4-17-20(18)22-29-21-17/h3-9H,2,10-14H2,1H3. The van der Waals surface area contributed by atoms with Crippen LogP contribution >= 0.6 is 11.7 Å². The maximum absolute atomic E-state index is 13.1. The molecule has 2 heterocycles. The third-order valence-corrected chi connectivity index (χ3v) is 7.52. The second-order valence-corrected chi connectivity index (χ2v) is 9.36. The monoisotopic (exact) mass is 446 g/mol. The van der Waals surface area contributed by atoms with E-state index in [2.05, 4.69) is 8.75 Å². The molecule has 2 aromatic carbocycles. The number of piperazine rings is 1. The number of hydrogen-bond acceptors (Lipinski definition) is 7. The van der Waals surface area contributed by atoms with E-state index in [1.165, 1.54) is 4.31 Å². The highest BCUT2D eigenvalue weighted by molar-refractivity contribution is 7.89. The predicted octanol–water partition coefficient (Wildman–Crippen LogP) is 2.17. The number of benzene rings is 2. The molecule has 0 aliphatic carbocycles. The van der Waals surface area contributed by atoms with Crippen LogP contribution in [-0.4, -0.2) is 65.1 Å². The first-order chi connectivity index (χ1) is 14.5. The quantitative estimate of drug-likeness (QED) is 0.576. The summed E-state index contributed by atoms with van der Waals surface area (Å²) in [4.78, 5) is 14.5. The van der Waals surface area contributed by atoms with Gasteiger partial charge in [-0.1, -0.05) is 18.2 Å². The van der Waals surface area contributed by atoms with Gasteiger partial charge in [0.15, 0.2) is 0 Å². The first-order valence-corrected chi connectivity index (χ1v) is 11.9. The molecule has 0 atom stereocenters. The van der Waals surface area contributed by atoms with E-state index in [1.54, 1.807) is 23.1 Å². The lowest BCUT2D eigenvalue weighted by molar-refractivity contribution is -0.131. The molecule has 10 heteroatoms. The number of nitrogens with zero attached hydrogens (tertiary/aromatic N) is 4. The van der Waals surface area contributed by atoms with Crippen LogP contribution in [0, 0.1) is 0 Å². The van der Waals surface area contributed by atoms with Gasteiger partial charge in [0.2, 0.25) is 15.9 Å². The summed E-state index contributed by atoms with van der Waals surface area (Å²) in [6.07, 6.45) is 0.281. The van der Waals surface area contributed by atoms with Crippen molar-refractivity contribution in [3.63, 3.8) is 0 Å². The summed E-state index contributed by atoms with van der Waals surface area (Å²) in [5, 5.41) is 0. The lowest BCUT2D eigenvalue weighted by Crippen LogP contribution is -2.50. The summed E-state index contributed by atoms with van der Waals surface area (Å²) in [5.41, 5.74) is 1.88. The van der Waals surface area contributed by atoms with Crippen molar-refractivity contribution in [3.05, 3.63) is 48.0 Å². The van der Waals surface area contributed by atoms with Crippen molar-refractivity contribution >= 4 is 38.7 Å². The van der Waals surface area contributed by atoms with Gasteiger partial charge in [-0.3, -0.25) is 4.79 Å². The summed E-state index contributed by atoms with van der Waals surface area (Å²) < 4.78 is 41.3. The number of ether oxygens (including phenoxy) is 1. The van der Waals surface area contributed by atoms with Gasteiger partial charge in [-0.05, 0) is 36.8 Å². The normalized spacial score (nSPS) is 15.4. The smallest absolute Gasteiger partial charge is 0.245 e. The minimum Gasteiger partial charge on any atom is -0.494 e. The maximum atomic E-state index is 13.1. The lowest BCUT2D eigenvalue weighted by atomic mass is 10.1. The van der Waals surface area contributed by atoms with Gasteiger partial charge in [-0.15, -0.1) is 0 Å². The molecule has 1 aromatic heterocycles. The van der Waals surface area contributed by atoms with E-state index in [-0.39, 0.29) is 30.3 Å². The fourth-order valence-corrected chi connectivity index (χ4v) is 5.64. The SMILES string of the molecule is CCOc1ccc(CC(=O)N2CCN(S(=O)(=O)c3cccc4nsnc34)CC2)cc1. The number of carbonyl (C=O) groups is 1. The number of aromatic nitrogens is 2. The number of hydrogen-bond donors (Lipinski definition) is 0. The van der Waals surface area contributed by atoms with Crippen molar-refractivity contribution in [1.82, 2.24) is 18.0 Å². The van der Waals surface area contributed by atoms with Gasteiger partial charge in [-0.2, -0.15) is 13.1 Å². The highest BCUT2D eigenvalue weighted by atomic mass is 32.2. The Morgan fingerprint density at radius 3 is 2.50 bits per heavy atom. The maximum Gasteiger partial charge on any atom is 0.245 e. The molecule has 1 aliphatic rings. The molecule has 3 aromatic rings. The van der Waals surface area contributed by atoms with Crippen LogP contribution in [0.5, 0.6) is 5.75 Å². The Bertz CT molecular complexity index is 1140. The predicted molar refractivity (Wildman–Crippen MR) is 114 cm³/mol. The zero-order valence-electron chi connectivity index (χ0n) is 16.5. The van der Waals surface area contributed by atoms with Crippen molar-refractivity contribution in [2.24, 2.45) is 0 Å². The molecule has 30 heavy (non-hydrogen) atoms. The topological polar surface area (TPSA) is 92.7 Å². The molecule has 0 spiro atoms. The fourth-order valence-electron chi connectivity index (χ4n) is 3.46. The van der Waals surface area contributed by atoms with Gasteiger partial charge < -0.3 is 9.64 Å². The number of rotatable bonds is 6. The zero-order valence-corrected chi connectivity index (χ0v) is 18.2. The highest BCUT2D eigenvalue weighted by Gasteiger charge is 2.31. The van der Waals surface area contributed by atoms with E-state index in [0.29, 0.717) is 30.7 Å². The minimum absolute atomic E-state index is 0.0120. The molecular formula is C20H22N4O4S2.